The smallest absolute Gasteiger partial charge is 0.744 e. The fourth-order valence-corrected chi connectivity index (χ4v) is 5.88. The number of benzene rings is 3. The van der Waals surface area contributed by atoms with Crippen molar-refractivity contribution in [3.8, 4) is 0 Å². The Balaban J connectivity index is 0.00000280. The summed E-state index contributed by atoms with van der Waals surface area (Å²) in [4.78, 5) is -0.178. The standard InChI is InChI=1S/C22H23O3PS.K/c1-3-17-8-12-19(13-9-17)26(20-14-10-18(4-2)11-15-20)21-6-5-7-22(16-21)27(23,24)25;/h5-16H,3-4H2,1-2H3,(H,23,24,25);/q;+1/p-1. The van der Waals surface area contributed by atoms with Crippen molar-refractivity contribution in [2.75, 3.05) is 0 Å². The summed E-state index contributed by atoms with van der Waals surface area (Å²) in [5, 5.41) is 3.12. The molecule has 3 aromatic carbocycles. The van der Waals surface area contributed by atoms with Crippen LogP contribution >= 0.6 is 7.92 Å². The first-order chi connectivity index (χ1) is 12.9. The molecule has 140 valence electrons. The monoisotopic (exact) mass is 436 g/mol. The Bertz CT molecular complexity index is 969. The number of rotatable bonds is 6. The first kappa shape index (κ1) is 23.9. The normalized spacial score (nSPS) is 11.3. The summed E-state index contributed by atoms with van der Waals surface area (Å²) in [6.07, 6.45) is 1.93. The minimum absolute atomic E-state index is 0. The van der Waals surface area contributed by atoms with Gasteiger partial charge in [0.1, 0.15) is 10.1 Å². The summed E-state index contributed by atoms with van der Waals surface area (Å²) in [7, 11) is -5.43. The van der Waals surface area contributed by atoms with Gasteiger partial charge in [-0.1, -0.05) is 74.5 Å². The van der Waals surface area contributed by atoms with Crippen molar-refractivity contribution in [3.63, 3.8) is 0 Å². The van der Waals surface area contributed by atoms with Crippen LogP contribution in [0.4, 0.5) is 0 Å². The molecule has 0 aliphatic rings. The van der Waals surface area contributed by atoms with Gasteiger partial charge in [-0.2, -0.15) is 0 Å². The summed E-state index contributed by atoms with van der Waals surface area (Å²) < 4.78 is 34.5. The second-order valence-electron chi connectivity index (χ2n) is 6.33. The molecule has 0 saturated heterocycles. The molecule has 0 amide bonds. The molecule has 0 N–H and O–H groups in total. The van der Waals surface area contributed by atoms with Gasteiger partial charge >= 0.3 is 51.4 Å². The maximum Gasteiger partial charge on any atom is 1.00 e. The minimum Gasteiger partial charge on any atom is -0.744 e. The average molecular weight is 437 g/mol. The predicted octanol–water partition coefficient (Wildman–Crippen LogP) is 0.478. The zero-order valence-corrected chi connectivity index (χ0v) is 21.3. The van der Waals surface area contributed by atoms with E-state index in [1.54, 1.807) is 6.07 Å². The summed E-state index contributed by atoms with van der Waals surface area (Å²) in [5.74, 6) is 0. The molecule has 0 bridgehead atoms. The first-order valence-electron chi connectivity index (χ1n) is 8.96. The Morgan fingerprint density at radius 1 is 0.750 bits per heavy atom. The Labute approximate surface area is 211 Å². The van der Waals surface area contributed by atoms with E-state index in [-0.39, 0.29) is 56.3 Å². The van der Waals surface area contributed by atoms with Gasteiger partial charge in [-0.25, -0.2) is 8.42 Å². The molecule has 0 unspecified atom stereocenters. The first-order valence-corrected chi connectivity index (χ1v) is 11.7. The number of aryl methyl sites for hydroxylation is 2. The summed E-state index contributed by atoms with van der Waals surface area (Å²) >= 11 is 0. The third-order valence-electron chi connectivity index (χ3n) is 4.57. The van der Waals surface area contributed by atoms with E-state index in [1.807, 2.05) is 6.07 Å². The van der Waals surface area contributed by atoms with Crippen molar-refractivity contribution in [2.45, 2.75) is 31.6 Å². The molecule has 0 saturated carbocycles. The predicted molar refractivity (Wildman–Crippen MR) is 112 cm³/mol. The zero-order valence-electron chi connectivity index (χ0n) is 16.4. The molecule has 0 fully saturated rings. The van der Waals surface area contributed by atoms with Crippen molar-refractivity contribution < 1.29 is 64.4 Å². The van der Waals surface area contributed by atoms with E-state index in [0.29, 0.717) is 0 Å². The van der Waals surface area contributed by atoms with Gasteiger partial charge in [0.15, 0.2) is 0 Å². The molecule has 0 atom stereocenters. The Kier molecular flexibility index (Phi) is 9.05. The van der Waals surface area contributed by atoms with Crippen molar-refractivity contribution in [1.29, 1.82) is 0 Å². The van der Waals surface area contributed by atoms with Gasteiger partial charge in [-0.05, 0) is 59.9 Å². The van der Waals surface area contributed by atoms with Crippen LogP contribution in [-0.2, 0) is 23.0 Å². The summed E-state index contributed by atoms with van der Waals surface area (Å²) in [5.41, 5.74) is 2.51. The quantitative estimate of drug-likeness (QED) is 0.321. The van der Waals surface area contributed by atoms with Crippen molar-refractivity contribution >= 4 is 34.0 Å². The third kappa shape index (κ3) is 5.84. The molecule has 3 aromatic rings. The molecule has 28 heavy (non-hydrogen) atoms. The summed E-state index contributed by atoms with van der Waals surface area (Å²) in [6, 6.07) is 23.3. The molecule has 0 aromatic heterocycles. The van der Waals surface area contributed by atoms with E-state index in [4.69, 9.17) is 0 Å². The van der Waals surface area contributed by atoms with Crippen molar-refractivity contribution in [2.24, 2.45) is 0 Å². The largest absolute Gasteiger partial charge is 1.00 e. The van der Waals surface area contributed by atoms with E-state index >= 15 is 0 Å². The minimum atomic E-state index is -4.48. The van der Waals surface area contributed by atoms with Crippen LogP contribution in [0.5, 0.6) is 0 Å². The molecule has 3 nitrogen and oxygen atoms in total. The van der Waals surface area contributed by atoms with Crippen LogP contribution in [0, 0.1) is 0 Å². The maximum absolute atomic E-state index is 11.5. The van der Waals surface area contributed by atoms with Gasteiger partial charge in [-0.3, -0.25) is 0 Å². The molecular weight excluding hydrogens is 414 g/mol. The van der Waals surface area contributed by atoms with Crippen LogP contribution in [0.3, 0.4) is 0 Å². The van der Waals surface area contributed by atoms with Gasteiger partial charge in [-0.15, -0.1) is 0 Å². The Hall–Kier alpha value is -0.364. The van der Waals surface area contributed by atoms with Crippen LogP contribution in [0.15, 0.2) is 77.7 Å². The maximum atomic E-state index is 11.5. The van der Waals surface area contributed by atoms with Crippen LogP contribution < -0.4 is 67.3 Å². The van der Waals surface area contributed by atoms with Crippen LogP contribution in [0.25, 0.3) is 0 Å². The molecule has 0 radical (unpaired) electrons. The molecule has 6 heteroatoms. The Morgan fingerprint density at radius 3 is 1.61 bits per heavy atom. The second-order valence-corrected chi connectivity index (χ2v) is 9.93. The summed E-state index contributed by atoms with van der Waals surface area (Å²) in [6.45, 7) is 4.23. The molecule has 0 heterocycles. The number of hydrogen-bond acceptors (Lipinski definition) is 3. The van der Waals surface area contributed by atoms with Gasteiger partial charge < -0.3 is 4.55 Å². The van der Waals surface area contributed by atoms with Gasteiger partial charge in [0.2, 0.25) is 0 Å². The zero-order chi connectivity index (χ0) is 19.4. The topological polar surface area (TPSA) is 57.2 Å². The molecular formula is C22H22KO3PS. The third-order valence-corrected chi connectivity index (χ3v) is 7.83. The van der Waals surface area contributed by atoms with E-state index in [1.165, 1.54) is 23.3 Å². The average Bonchev–Trinajstić information content (AvgIpc) is 2.69. The van der Waals surface area contributed by atoms with E-state index in [9.17, 15) is 13.0 Å². The van der Waals surface area contributed by atoms with Gasteiger partial charge in [0.05, 0.1) is 4.90 Å². The molecule has 0 spiro atoms. The Morgan fingerprint density at radius 2 is 1.21 bits per heavy atom. The molecule has 0 aliphatic carbocycles. The fraction of sp³-hybridized carbons (Fsp3) is 0.182. The van der Waals surface area contributed by atoms with Gasteiger partial charge in [0.25, 0.3) is 0 Å². The molecule has 0 aliphatic heterocycles. The van der Waals surface area contributed by atoms with E-state index in [0.717, 1.165) is 28.8 Å². The van der Waals surface area contributed by atoms with Crippen molar-refractivity contribution in [3.05, 3.63) is 83.9 Å². The number of hydrogen-bond donors (Lipinski definition) is 0. The SMILES string of the molecule is CCc1ccc(P(c2ccc(CC)cc2)c2cccc(S(=O)(=O)[O-])c2)cc1.[K+]. The van der Waals surface area contributed by atoms with Crippen molar-refractivity contribution in [1.82, 2.24) is 0 Å². The van der Waals surface area contributed by atoms with Crippen LogP contribution in [0.2, 0.25) is 0 Å². The van der Waals surface area contributed by atoms with Crippen LogP contribution in [-0.4, -0.2) is 13.0 Å². The van der Waals surface area contributed by atoms with Gasteiger partial charge in [0, 0.05) is 0 Å². The fourth-order valence-electron chi connectivity index (χ4n) is 2.99. The van der Waals surface area contributed by atoms with E-state index < -0.39 is 18.0 Å². The van der Waals surface area contributed by atoms with E-state index in [2.05, 4.69) is 62.4 Å². The molecule has 3 rings (SSSR count). The van der Waals surface area contributed by atoms with Crippen LogP contribution in [0.1, 0.15) is 25.0 Å². The second kappa shape index (κ2) is 10.6.